The summed E-state index contributed by atoms with van der Waals surface area (Å²) in [7, 11) is 0. The van der Waals surface area contributed by atoms with Gasteiger partial charge in [0, 0.05) is 10.2 Å². The highest BCUT2D eigenvalue weighted by atomic mass is 79.9. The lowest BCUT2D eigenvalue weighted by Gasteiger charge is -2.27. The minimum absolute atomic E-state index is 0.539. The molecule has 0 spiro atoms. The van der Waals surface area contributed by atoms with Crippen molar-refractivity contribution in [2.75, 3.05) is 5.32 Å². The van der Waals surface area contributed by atoms with Gasteiger partial charge in [-0.3, -0.25) is 0 Å². The number of carbonyl (C=O) groups excluding carboxylic acids is 1. The van der Waals surface area contributed by atoms with Gasteiger partial charge >= 0.3 is 12.0 Å². The van der Waals surface area contributed by atoms with Gasteiger partial charge in [-0.25, -0.2) is 9.59 Å². The largest absolute Gasteiger partial charge is 0.480 e. The first-order valence-electron chi connectivity index (χ1n) is 6.17. The Balaban J connectivity index is 2.76. The average molecular weight is 343 g/mol. The SMILES string of the molecule is Cc1ccc(NC(=O)N[C@H](C(=O)O)C(C)(C)C)cc1Br. The van der Waals surface area contributed by atoms with Crippen LogP contribution in [0.3, 0.4) is 0 Å². The predicted octanol–water partition coefficient (Wildman–Crippen LogP) is 3.38. The molecule has 1 rings (SSSR count). The van der Waals surface area contributed by atoms with Crippen LogP contribution in [0.15, 0.2) is 22.7 Å². The van der Waals surface area contributed by atoms with E-state index in [1.807, 2.05) is 13.0 Å². The van der Waals surface area contributed by atoms with Crippen molar-refractivity contribution in [3.63, 3.8) is 0 Å². The number of aliphatic carboxylic acids is 1. The fourth-order valence-electron chi connectivity index (χ4n) is 1.62. The summed E-state index contributed by atoms with van der Waals surface area (Å²) in [5.74, 6) is -1.06. The molecule has 0 aromatic heterocycles. The van der Waals surface area contributed by atoms with Gasteiger partial charge in [0.1, 0.15) is 6.04 Å². The Kier molecular flexibility index (Phi) is 5.16. The number of nitrogens with one attached hydrogen (secondary N) is 2. The van der Waals surface area contributed by atoms with Crippen LogP contribution in [0.4, 0.5) is 10.5 Å². The van der Waals surface area contributed by atoms with E-state index in [-0.39, 0.29) is 0 Å². The minimum atomic E-state index is -1.06. The topological polar surface area (TPSA) is 78.4 Å². The van der Waals surface area contributed by atoms with Gasteiger partial charge in [-0.15, -0.1) is 0 Å². The maximum Gasteiger partial charge on any atom is 0.326 e. The molecule has 0 heterocycles. The Morgan fingerprint density at radius 2 is 1.90 bits per heavy atom. The first-order chi connectivity index (χ1) is 9.11. The first kappa shape index (κ1) is 16.5. The maximum atomic E-state index is 11.9. The van der Waals surface area contributed by atoms with Crippen molar-refractivity contribution < 1.29 is 14.7 Å². The van der Waals surface area contributed by atoms with Gasteiger partial charge in [-0.05, 0) is 30.0 Å². The fourth-order valence-corrected chi connectivity index (χ4v) is 2.00. The molecule has 0 radical (unpaired) electrons. The number of carboxylic acids is 1. The Morgan fingerprint density at radius 1 is 1.30 bits per heavy atom. The summed E-state index contributed by atoms with van der Waals surface area (Å²) in [4.78, 5) is 23.1. The number of benzene rings is 1. The fraction of sp³-hybridized carbons (Fsp3) is 0.429. The third kappa shape index (κ3) is 4.52. The number of urea groups is 1. The lowest BCUT2D eigenvalue weighted by molar-refractivity contribution is -0.141. The number of rotatable bonds is 3. The number of anilines is 1. The summed E-state index contributed by atoms with van der Waals surface area (Å²) in [5, 5.41) is 14.3. The monoisotopic (exact) mass is 342 g/mol. The minimum Gasteiger partial charge on any atom is -0.480 e. The van der Waals surface area contributed by atoms with E-state index in [0.717, 1.165) is 10.0 Å². The molecular formula is C14H19BrN2O3. The highest BCUT2D eigenvalue weighted by Gasteiger charge is 2.32. The molecule has 1 aromatic rings. The molecule has 0 aliphatic rings. The quantitative estimate of drug-likeness (QED) is 0.787. The van der Waals surface area contributed by atoms with Crippen LogP contribution in [0.25, 0.3) is 0 Å². The standard InChI is InChI=1S/C14H19BrN2O3/c1-8-5-6-9(7-10(8)15)16-13(20)17-11(12(18)19)14(2,3)4/h5-7,11H,1-4H3,(H,18,19)(H2,16,17,20)/t11-/m1/s1. The van der Waals surface area contributed by atoms with Crippen molar-refractivity contribution in [3.05, 3.63) is 28.2 Å². The van der Waals surface area contributed by atoms with Crippen molar-refractivity contribution in [3.8, 4) is 0 Å². The van der Waals surface area contributed by atoms with E-state index in [1.54, 1.807) is 32.9 Å². The van der Waals surface area contributed by atoms with Crippen molar-refractivity contribution in [1.82, 2.24) is 5.32 Å². The van der Waals surface area contributed by atoms with Crippen LogP contribution in [-0.4, -0.2) is 23.1 Å². The summed E-state index contributed by atoms with van der Waals surface area (Å²) in [6.07, 6.45) is 0. The van der Waals surface area contributed by atoms with Gasteiger partial charge in [0.25, 0.3) is 0 Å². The van der Waals surface area contributed by atoms with E-state index in [1.165, 1.54) is 0 Å². The second-order valence-electron chi connectivity index (χ2n) is 5.70. The zero-order valence-electron chi connectivity index (χ0n) is 12.0. The second-order valence-corrected chi connectivity index (χ2v) is 6.55. The third-order valence-electron chi connectivity index (χ3n) is 2.82. The zero-order valence-corrected chi connectivity index (χ0v) is 13.5. The molecule has 110 valence electrons. The summed E-state index contributed by atoms with van der Waals surface area (Å²) in [6.45, 7) is 7.21. The van der Waals surface area contributed by atoms with Gasteiger partial charge in [0.05, 0.1) is 0 Å². The Morgan fingerprint density at radius 3 is 2.35 bits per heavy atom. The smallest absolute Gasteiger partial charge is 0.326 e. The Labute approximate surface area is 126 Å². The molecule has 0 unspecified atom stereocenters. The van der Waals surface area contributed by atoms with Crippen LogP contribution in [0.1, 0.15) is 26.3 Å². The number of carboxylic acid groups (broad SMARTS) is 1. The highest BCUT2D eigenvalue weighted by molar-refractivity contribution is 9.10. The van der Waals surface area contributed by atoms with Gasteiger partial charge in [-0.2, -0.15) is 0 Å². The van der Waals surface area contributed by atoms with Crippen molar-refractivity contribution in [1.29, 1.82) is 0 Å². The van der Waals surface area contributed by atoms with Crippen LogP contribution in [-0.2, 0) is 4.79 Å². The van der Waals surface area contributed by atoms with Crippen molar-refractivity contribution >= 4 is 33.6 Å². The molecular weight excluding hydrogens is 324 g/mol. The van der Waals surface area contributed by atoms with Crippen LogP contribution in [0.2, 0.25) is 0 Å². The lowest BCUT2D eigenvalue weighted by Crippen LogP contribution is -2.50. The summed E-state index contributed by atoms with van der Waals surface area (Å²) in [6, 6.07) is 3.88. The van der Waals surface area contributed by atoms with Crippen LogP contribution in [0, 0.1) is 12.3 Å². The van der Waals surface area contributed by atoms with Crippen molar-refractivity contribution in [2.24, 2.45) is 5.41 Å². The molecule has 20 heavy (non-hydrogen) atoms. The van der Waals surface area contributed by atoms with Gasteiger partial charge in [0.2, 0.25) is 0 Å². The maximum absolute atomic E-state index is 11.9. The number of hydrogen-bond acceptors (Lipinski definition) is 2. The molecule has 2 amide bonds. The van der Waals surface area contributed by atoms with Crippen LogP contribution in [0.5, 0.6) is 0 Å². The van der Waals surface area contributed by atoms with Gasteiger partial charge in [0.15, 0.2) is 0 Å². The van der Waals surface area contributed by atoms with Crippen LogP contribution >= 0.6 is 15.9 Å². The number of aryl methyl sites for hydroxylation is 1. The van der Waals surface area contributed by atoms with E-state index in [0.29, 0.717) is 5.69 Å². The molecule has 3 N–H and O–H groups in total. The molecule has 6 heteroatoms. The van der Waals surface area contributed by atoms with E-state index >= 15 is 0 Å². The lowest BCUT2D eigenvalue weighted by atomic mass is 9.87. The summed E-state index contributed by atoms with van der Waals surface area (Å²) in [5.41, 5.74) is 1.07. The predicted molar refractivity (Wildman–Crippen MR) is 81.9 cm³/mol. The van der Waals surface area contributed by atoms with E-state index in [9.17, 15) is 9.59 Å². The molecule has 1 atom stereocenters. The highest BCUT2D eigenvalue weighted by Crippen LogP contribution is 2.22. The molecule has 5 nitrogen and oxygen atoms in total. The number of carbonyl (C=O) groups is 2. The zero-order chi connectivity index (χ0) is 15.5. The molecule has 1 aromatic carbocycles. The normalized spacial score (nSPS) is 12.7. The molecule has 0 bridgehead atoms. The molecule has 0 aliphatic heterocycles. The second kappa shape index (κ2) is 6.26. The number of halogens is 1. The Hall–Kier alpha value is -1.56. The van der Waals surface area contributed by atoms with Gasteiger partial charge in [-0.1, -0.05) is 42.8 Å². The third-order valence-corrected chi connectivity index (χ3v) is 3.67. The van der Waals surface area contributed by atoms with Gasteiger partial charge < -0.3 is 15.7 Å². The summed E-state index contributed by atoms with van der Waals surface area (Å²) >= 11 is 3.38. The molecule has 0 saturated heterocycles. The molecule has 0 fully saturated rings. The average Bonchev–Trinajstić information content (AvgIpc) is 2.29. The Bertz CT molecular complexity index is 524. The van der Waals surface area contributed by atoms with Crippen molar-refractivity contribution in [2.45, 2.75) is 33.7 Å². The molecule has 0 saturated carbocycles. The van der Waals surface area contributed by atoms with E-state index < -0.39 is 23.5 Å². The number of hydrogen-bond donors (Lipinski definition) is 3. The van der Waals surface area contributed by atoms with Crippen LogP contribution < -0.4 is 10.6 Å². The van der Waals surface area contributed by atoms with E-state index in [2.05, 4.69) is 26.6 Å². The first-order valence-corrected chi connectivity index (χ1v) is 6.97. The molecule has 0 aliphatic carbocycles. The summed E-state index contributed by atoms with van der Waals surface area (Å²) < 4.78 is 0.876. The van der Waals surface area contributed by atoms with E-state index in [4.69, 9.17) is 5.11 Å². The number of amides is 2.